The number of rotatable bonds is 8. The van der Waals surface area contributed by atoms with Gasteiger partial charge in [0, 0.05) is 29.2 Å². The van der Waals surface area contributed by atoms with E-state index in [1.54, 1.807) is 38.1 Å². The smallest absolute Gasteiger partial charge is 0.331 e. The van der Waals surface area contributed by atoms with Gasteiger partial charge >= 0.3 is 11.7 Å². The molecular formula is C30H29N5O7. The molecule has 4 aromatic rings. The van der Waals surface area contributed by atoms with E-state index in [-0.39, 0.29) is 17.7 Å². The van der Waals surface area contributed by atoms with Crippen molar-refractivity contribution in [3.63, 3.8) is 0 Å². The van der Waals surface area contributed by atoms with Crippen LogP contribution in [0.4, 0.5) is 17.1 Å². The second-order valence-corrected chi connectivity index (χ2v) is 10.2. The number of esters is 1. The van der Waals surface area contributed by atoms with E-state index in [2.05, 4.69) is 20.7 Å². The lowest BCUT2D eigenvalue weighted by atomic mass is 10.1. The fourth-order valence-corrected chi connectivity index (χ4v) is 4.61. The first-order valence-corrected chi connectivity index (χ1v) is 13.3. The van der Waals surface area contributed by atoms with Crippen LogP contribution in [-0.2, 0) is 20.9 Å². The summed E-state index contributed by atoms with van der Waals surface area (Å²) in [5, 5.41) is 20.2. The average Bonchev–Trinajstić information content (AvgIpc) is 3.28. The zero-order valence-electron chi connectivity index (χ0n) is 22.9. The molecule has 0 aliphatic carbocycles. The maximum atomic E-state index is 13.2. The van der Waals surface area contributed by atoms with Gasteiger partial charge in [-0.15, -0.1) is 0 Å². The molecule has 1 saturated heterocycles. The summed E-state index contributed by atoms with van der Waals surface area (Å²) in [6.45, 7) is 2.72. The largest absolute Gasteiger partial charge is 0.434 e. The van der Waals surface area contributed by atoms with E-state index in [0.717, 1.165) is 22.1 Å². The first-order valence-electron chi connectivity index (χ1n) is 13.3. The van der Waals surface area contributed by atoms with E-state index >= 15 is 0 Å². The van der Waals surface area contributed by atoms with Crippen LogP contribution in [0.1, 0.15) is 36.7 Å². The number of cyclic esters (lactones) is 1. The molecule has 2 atom stereocenters. The van der Waals surface area contributed by atoms with Crippen molar-refractivity contribution in [2.24, 2.45) is 0 Å². The molecule has 2 unspecified atom stereocenters. The minimum absolute atomic E-state index is 0.195. The number of benzene rings is 3. The molecule has 1 aromatic heterocycles. The summed E-state index contributed by atoms with van der Waals surface area (Å²) < 4.78 is 6.50. The fraction of sp³-hybridized carbons (Fsp3) is 0.233. The Labute approximate surface area is 239 Å². The summed E-state index contributed by atoms with van der Waals surface area (Å²) in [6, 6.07) is 19.2. The molecule has 42 heavy (non-hydrogen) atoms. The van der Waals surface area contributed by atoms with Crippen LogP contribution in [0.5, 0.6) is 0 Å². The monoisotopic (exact) mass is 571 g/mol. The zero-order chi connectivity index (χ0) is 30.0. The van der Waals surface area contributed by atoms with Gasteiger partial charge in [0.05, 0.1) is 6.42 Å². The molecule has 1 fully saturated rings. The highest BCUT2D eigenvalue weighted by Crippen LogP contribution is 2.23. The number of carbonyl (C=O) groups excluding carboxylic acids is 3. The zero-order valence-corrected chi connectivity index (χ0v) is 22.9. The Morgan fingerprint density at radius 3 is 2.33 bits per heavy atom. The number of carbonyl (C=O) groups is 3. The van der Waals surface area contributed by atoms with Crippen LogP contribution in [0.15, 0.2) is 82.5 Å². The standard InChI is InChI=1S/C30H29N5O7/c1-17(2)34-15-24(28(39)35(30(34)41)16-25(36)32-23-14-26(37)42-29(23)40)33-27(38)19-8-10-21(11-9-19)31-22-12-7-18-5-3-4-6-20(18)13-22/h3-13,15,17,23,29,31,40H,14,16H2,1-2H3,(H,32,36)(H,33,38). The SMILES string of the molecule is CC(C)n1cc(NC(=O)c2ccc(Nc3ccc4ccccc4c3)cc2)c(=O)n(CC(=O)NC2CC(=O)OC2O)c1=O. The van der Waals surface area contributed by atoms with E-state index in [1.165, 1.54) is 10.8 Å². The Kier molecular flexibility index (Phi) is 7.89. The summed E-state index contributed by atoms with van der Waals surface area (Å²) in [4.78, 5) is 63.2. The molecule has 0 saturated carbocycles. The van der Waals surface area contributed by atoms with Gasteiger partial charge in [0.1, 0.15) is 18.3 Å². The van der Waals surface area contributed by atoms with Gasteiger partial charge in [-0.2, -0.15) is 0 Å². The number of hydrogen-bond acceptors (Lipinski definition) is 8. The molecule has 2 heterocycles. The molecule has 5 rings (SSSR count). The van der Waals surface area contributed by atoms with Crippen molar-refractivity contribution in [2.45, 2.75) is 45.2 Å². The number of aliphatic hydroxyl groups is 1. The predicted octanol–water partition coefficient (Wildman–Crippen LogP) is 2.49. The molecule has 0 bridgehead atoms. The lowest BCUT2D eigenvalue weighted by molar-refractivity contribution is -0.155. The number of nitrogens with one attached hydrogen (secondary N) is 3. The number of aromatic nitrogens is 2. The van der Waals surface area contributed by atoms with Crippen LogP contribution < -0.4 is 27.2 Å². The van der Waals surface area contributed by atoms with Crippen molar-refractivity contribution in [1.82, 2.24) is 14.5 Å². The minimum Gasteiger partial charge on any atom is -0.434 e. The lowest BCUT2D eigenvalue weighted by Gasteiger charge is -2.17. The summed E-state index contributed by atoms with van der Waals surface area (Å²) in [5.74, 6) is -2.06. The number of amides is 2. The Hall–Kier alpha value is -5.23. The van der Waals surface area contributed by atoms with E-state index in [0.29, 0.717) is 4.57 Å². The maximum absolute atomic E-state index is 13.2. The lowest BCUT2D eigenvalue weighted by Crippen LogP contribution is -2.47. The van der Waals surface area contributed by atoms with Gasteiger partial charge in [-0.3, -0.25) is 23.7 Å². The molecule has 216 valence electrons. The number of fused-ring (bicyclic) bond motifs is 1. The number of anilines is 3. The third-order valence-corrected chi connectivity index (χ3v) is 6.82. The summed E-state index contributed by atoms with van der Waals surface area (Å²) in [6.07, 6.45) is -0.528. The number of hydrogen-bond donors (Lipinski definition) is 4. The average molecular weight is 572 g/mol. The molecule has 12 nitrogen and oxygen atoms in total. The van der Waals surface area contributed by atoms with Crippen LogP contribution in [0, 0.1) is 0 Å². The molecule has 3 aromatic carbocycles. The number of ether oxygens (including phenoxy) is 1. The van der Waals surface area contributed by atoms with Crippen LogP contribution in [-0.4, -0.2) is 44.4 Å². The van der Waals surface area contributed by atoms with Crippen molar-refractivity contribution < 1.29 is 24.2 Å². The third-order valence-electron chi connectivity index (χ3n) is 6.82. The van der Waals surface area contributed by atoms with Crippen LogP contribution >= 0.6 is 0 Å². The van der Waals surface area contributed by atoms with Gasteiger partial charge < -0.3 is 25.8 Å². The highest BCUT2D eigenvalue weighted by molar-refractivity contribution is 6.04. The van der Waals surface area contributed by atoms with Gasteiger partial charge in [-0.1, -0.05) is 30.3 Å². The molecule has 2 amide bonds. The normalized spacial score (nSPS) is 16.3. The van der Waals surface area contributed by atoms with Crippen molar-refractivity contribution >= 4 is 45.6 Å². The van der Waals surface area contributed by atoms with Gasteiger partial charge in [0.2, 0.25) is 12.2 Å². The van der Waals surface area contributed by atoms with E-state index in [1.807, 2.05) is 42.5 Å². The molecular weight excluding hydrogens is 542 g/mol. The van der Waals surface area contributed by atoms with Crippen molar-refractivity contribution in [3.05, 3.63) is 99.3 Å². The van der Waals surface area contributed by atoms with Gasteiger partial charge in [-0.05, 0) is 61.0 Å². The Balaban J connectivity index is 1.32. The van der Waals surface area contributed by atoms with Crippen LogP contribution in [0.3, 0.4) is 0 Å². The van der Waals surface area contributed by atoms with Gasteiger partial charge in [-0.25, -0.2) is 9.36 Å². The molecule has 12 heteroatoms. The molecule has 1 aliphatic rings. The highest BCUT2D eigenvalue weighted by atomic mass is 16.6. The number of nitrogens with zero attached hydrogens (tertiary/aromatic N) is 2. The summed E-state index contributed by atoms with van der Waals surface area (Å²) in [7, 11) is 0. The summed E-state index contributed by atoms with van der Waals surface area (Å²) in [5.41, 5.74) is 0.0701. The third kappa shape index (κ3) is 6.08. The quantitative estimate of drug-likeness (QED) is 0.235. The number of aliphatic hydroxyl groups excluding tert-OH is 1. The molecule has 1 aliphatic heterocycles. The second kappa shape index (κ2) is 11.7. The van der Waals surface area contributed by atoms with E-state index < -0.39 is 54.0 Å². The topological polar surface area (TPSA) is 161 Å². The summed E-state index contributed by atoms with van der Waals surface area (Å²) >= 11 is 0. The fourth-order valence-electron chi connectivity index (χ4n) is 4.61. The van der Waals surface area contributed by atoms with Crippen molar-refractivity contribution in [3.8, 4) is 0 Å². The van der Waals surface area contributed by atoms with Crippen LogP contribution in [0.2, 0.25) is 0 Å². The molecule has 0 radical (unpaired) electrons. The van der Waals surface area contributed by atoms with Crippen LogP contribution in [0.25, 0.3) is 10.8 Å². The minimum atomic E-state index is -1.52. The predicted molar refractivity (Wildman–Crippen MR) is 156 cm³/mol. The molecule has 4 N–H and O–H groups in total. The molecule has 0 spiro atoms. The van der Waals surface area contributed by atoms with Crippen molar-refractivity contribution in [2.75, 3.05) is 10.6 Å². The van der Waals surface area contributed by atoms with E-state index in [9.17, 15) is 29.1 Å². The second-order valence-electron chi connectivity index (χ2n) is 10.2. The first kappa shape index (κ1) is 28.3. The van der Waals surface area contributed by atoms with Gasteiger partial charge in [0.25, 0.3) is 11.5 Å². The maximum Gasteiger partial charge on any atom is 0.331 e. The Morgan fingerprint density at radius 2 is 1.67 bits per heavy atom. The highest BCUT2D eigenvalue weighted by Gasteiger charge is 2.34. The van der Waals surface area contributed by atoms with Crippen molar-refractivity contribution in [1.29, 1.82) is 0 Å². The Morgan fingerprint density at radius 1 is 0.976 bits per heavy atom. The van der Waals surface area contributed by atoms with Gasteiger partial charge in [0.15, 0.2) is 0 Å². The Bertz CT molecular complexity index is 1790. The first-order chi connectivity index (χ1) is 20.1. The van der Waals surface area contributed by atoms with E-state index in [4.69, 9.17) is 0 Å².